The van der Waals surface area contributed by atoms with Gasteiger partial charge in [0.05, 0.1) is 17.7 Å². The predicted molar refractivity (Wildman–Crippen MR) is 61.5 cm³/mol. The highest BCUT2D eigenvalue weighted by Gasteiger charge is 2.16. The molecule has 1 aromatic heterocycles. The Morgan fingerprint density at radius 2 is 2.31 bits per heavy atom. The van der Waals surface area contributed by atoms with Gasteiger partial charge in [0.15, 0.2) is 0 Å². The van der Waals surface area contributed by atoms with Crippen molar-refractivity contribution in [2.75, 3.05) is 12.0 Å². The summed E-state index contributed by atoms with van der Waals surface area (Å²) in [5.41, 5.74) is 3.93. The molecule has 0 fully saturated rings. The third-order valence-corrected chi connectivity index (χ3v) is 2.82. The quantitative estimate of drug-likeness (QED) is 0.544. The van der Waals surface area contributed by atoms with E-state index in [-0.39, 0.29) is 5.56 Å². The van der Waals surface area contributed by atoms with Gasteiger partial charge in [0.25, 0.3) is 5.56 Å². The van der Waals surface area contributed by atoms with Crippen molar-refractivity contribution in [1.82, 2.24) is 4.57 Å². The molecule has 0 unspecified atom stereocenters. The number of hydrazine groups is 1. The molecule has 5 nitrogen and oxygen atoms in total. The van der Waals surface area contributed by atoms with E-state index in [9.17, 15) is 4.79 Å². The van der Waals surface area contributed by atoms with Crippen molar-refractivity contribution in [1.29, 1.82) is 0 Å². The van der Waals surface area contributed by atoms with Crippen LogP contribution in [0.25, 0.3) is 10.9 Å². The van der Waals surface area contributed by atoms with Crippen molar-refractivity contribution in [3.63, 3.8) is 0 Å². The first-order chi connectivity index (χ1) is 7.81. The first-order valence-electron chi connectivity index (χ1n) is 5.07. The molecular weight excluding hydrogens is 206 g/mol. The third-order valence-electron chi connectivity index (χ3n) is 2.82. The fourth-order valence-corrected chi connectivity index (χ4v) is 2.11. The summed E-state index contributed by atoms with van der Waals surface area (Å²) in [6.07, 6.45) is 0. The Bertz CT molecular complexity index is 618. The van der Waals surface area contributed by atoms with E-state index in [1.165, 1.54) is 6.07 Å². The molecule has 0 aliphatic carbocycles. The molecule has 16 heavy (non-hydrogen) atoms. The fraction of sp³-hybridized carbons (Fsp3) is 0.182. The van der Waals surface area contributed by atoms with Gasteiger partial charge < -0.3 is 14.7 Å². The summed E-state index contributed by atoms with van der Waals surface area (Å²) in [6.45, 7) is 1.11. The molecule has 0 saturated carbocycles. The lowest BCUT2D eigenvalue weighted by Crippen LogP contribution is -2.27. The minimum absolute atomic E-state index is 0.0591. The molecule has 5 heteroatoms. The first kappa shape index (κ1) is 9.23. The summed E-state index contributed by atoms with van der Waals surface area (Å²) in [7, 11) is 0. The number of nitrogens with zero attached hydrogens (tertiary/aromatic N) is 1. The molecule has 1 aliphatic rings. The van der Waals surface area contributed by atoms with Crippen LogP contribution in [-0.2, 0) is 6.54 Å². The number of aromatic nitrogens is 1. The molecule has 1 aromatic carbocycles. The number of pyridine rings is 1. The third kappa shape index (κ3) is 1.12. The van der Waals surface area contributed by atoms with Crippen molar-refractivity contribution in [3.8, 4) is 5.75 Å². The van der Waals surface area contributed by atoms with Gasteiger partial charge in [-0.25, -0.2) is 0 Å². The minimum atomic E-state index is -0.0591. The average Bonchev–Trinajstić information content (AvgIpc) is 2.33. The van der Waals surface area contributed by atoms with Crippen LogP contribution in [-0.4, -0.2) is 11.2 Å². The maximum Gasteiger partial charge on any atom is 0.253 e. The second kappa shape index (κ2) is 3.24. The van der Waals surface area contributed by atoms with Gasteiger partial charge in [0, 0.05) is 11.5 Å². The lowest BCUT2D eigenvalue weighted by molar-refractivity contribution is 0.284. The van der Waals surface area contributed by atoms with E-state index < -0.39 is 0 Å². The SMILES string of the molecule is NNc1cc(=O)n2c3c(cccc13)OCC2. The molecule has 3 rings (SSSR count). The highest BCUT2D eigenvalue weighted by molar-refractivity contribution is 5.95. The van der Waals surface area contributed by atoms with Gasteiger partial charge in [-0.05, 0) is 6.07 Å². The molecule has 0 bridgehead atoms. The first-order valence-corrected chi connectivity index (χ1v) is 5.07. The monoisotopic (exact) mass is 217 g/mol. The number of para-hydroxylation sites is 1. The summed E-state index contributed by atoms with van der Waals surface area (Å²) >= 11 is 0. The number of nitrogen functional groups attached to an aromatic ring is 1. The number of ether oxygens (including phenoxy) is 1. The van der Waals surface area contributed by atoms with E-state index in [4.69, 9.17) is 10.6 Å². The van der Waals surface area contributed by atoms with Gasteiger partial charge in [-0.1, -0.05) is 12.1 Å². The molecule has 0 saturated heterocycles. The van der Waals surface area contributed by atoms with E-state index in [1.54, 1.807) is 4.57 Å². The van der Waals surface area contributed by atoms with Crippen LogP contribution in [0.15, 0.2) is 29.1 Å². The Labute approximate surface area is 91.4 Å². The standard InChI is InChI=1S/C11H11N3O2/c12-13-8-6-10(15)14-4-5-16-9-3-1-2-7(8)11(9)14/h1-3,6,13H,4-5,12H2. The Morgan fingerprint density at radius 1 is 1.44 bits per heavy atom. The topological polar surface area (TPSA) is 69.3 Å². The van der Waals surface area contributed by atoms with E-state index in [2.05, 4.69) is 5.43 Å². The van der Waals surface area contributed by atoms with Gasteiger partial charge in [-0.3, -0.25) is 10.6 Å². The maximum atomic E-state index is 11.8. The number of nitrogens with two attached hydrogens (primary N) is 1. The predicted octanol–water partition coefficient (Wildman–Crippen LogP) is 0.679. The summed E-state index contributed by atoms with van der Waals surface area (Å²) in [5, 5.41) is 0.902. The number of nitrogens with one attached hydrogen (secondary N) is 1. The molecular formula is C11H11N3O2. The molecule has 1 aliphatic heterocycles. The van der Waals surface area contributed by atoms with Crippen LogP contribution in [0, 0.1) is 0 Å². The van der Waals surface area contributed by atoms with Crippen LogP contribution in [0.4, 0.5) is 5.69 Å². The maximum absolute atomic E-state index is 11.8. The molecule has 0 amide bonds. The number of hydrogen-bond acceptors (Lipinski definition) is 4. The molecule has 2 heterocycles. The number of hydrogen-bond donors (Lipinski definition) is 2. The van der Waals surface area contributed by atoms with Gasteiger partial charge in [-0.2, -0.15) is 0 Å². The zero-order valence-corrected chi connectivity index (χ0v) is 8.56. The Morgan fingerprint density at radius 3 is 3.12 bits per heavy atom. The van der Waals surface area contributed by atoms with Crippen molar-refractivity contribution in [3.05, 3.63) is 34.6 Å². The average molecular weight is 217 g/mol. The van der Waals surface area contributed by atoms with Crippen molar-refractivity contribution in [2.24, 2.45) is 5.84 Å². The molecule has 3 N–H and O–H groups in total. The lowest BCUT2D eigenvalue weighted by atomic mass is 10.1. The van der Waals surface area contributed by atoms with E-state index in [1.807, 2.05) is 18.2 Å². The normalized spacial score (nSPS) is 13.6. The van der Waals surface area contributed by atoms with E-state index >= 15 is 0 Å². The molecule has 0 spiro atoms. The summed E-state index contributed by atoms with van der Waals surface area (Å²) < 4.78 is 7.24. The molecule has 0 atom stereocenters. The lowest BCUT2D eigenvalue weighted by Gasteiger charge is -2.21. The van der Waals surface area contributed by atoms with Gasteiger partial charge in [0.1, 0.15) is 12.4 Å². The summed E-state index contributed by atoms with van der Waals surface area (Å²) in [4.78, 5) is 11.8. The van der Waals surface area contributed by atoms with Crippen LogP contribution < -0.4 is 21.6 Å². The van der Waals surface area contributed by atoms with Crippen LogP contribution in [0.2, 0.25) is 0 Å². The minimum Gasteiger partial charge on any atom is -0.490 e. The van der Waals surface area contributed by atoms with Crippen LogP contribution >= 0.6 is 0 Å². The highest BCUT2D eigenvalue weighted by Crippen LogP contribution is 2.30. The van der Waals surface area contributed by atoms with Gasteiger partial charge >= 0.3 is 0 Å². The fourth-order valence-electron chi connectivity index (χ4n) is 2.11. The summed E-state index contributed by atoms with van der Waals surface area (Å²) in [6, 6.07) is 7.17. The van der Waals surface area contributed by atoms with Crippen molar-refractivity contribution in [2.45, 2.75) is 6.54 Å². The zero-order chi connectivity index (χ0) is 11.1. The summed E-state index contributed by atoms with van der Waals surface area (Å²) in [5.74, 6) is 6.14. The number of rotatable bonds is 1. The Hall–Kier alpha value is -2.01. The zero-order valence-electron chi connectivity index (χ0n) is 8.56. The molecule has 2 aromatic rings. The van der Waals surface area contributed by atoms with E-state index in [0.29, 0.717) is 18.8 Å². The van der Waals surface area contributed by atoms with Crippen molar-refractivity contribution < 1.29 is 4.74 Å². The Kier molecular flexibility index (Phi) is 1.87. The van der Waals surface area contributed by atoms with Gasteiger partial charge in [0.2, 0.25) is 0 Å². The van der Waals surface area contributed by atoms with Crippen LogP contribution in [0.1, 0.15) is 0 Å². The second-order valence-corrected chi connectivity index (χ2v) is 3.69. The van der Waals surface area contributed by atoms with Gasteiger partial charge in [-0.15, -0.1) is 0 Å². The highest BCUT2D eigenvalue weighted by atomic mass is 16.5. The molecule has 0 radical (unpaired) electrons. The largest absolute Gasteiger partial charge is 0.490 e. The van der Waals surface area contributed by atoms with Crippen LogP contribution in [0.5, 0.6) is 5.75 Å². The second-order valence-electron chi connectivity index (χ2n) is 3.69. The van der Waals surface area contributed by atoms with E-state index in [0.717, 1.165) is 16.7 Å². The smallest absolute Gasteiger partial charge is 0.253 e. The number of benzene rings is 1. The van der Waals surface area contributed by atoms with Crippen LogP contribution in [0.3, 0.4) is 0 Å². The Balaban J connectivity index is 2.53. The molecule has 82 valence electrons. The number of anilines is 1. The van der Waals surface area contributed by atoms with Crippen molar-refractivity contribution >= 4 is 16.6 Å².